The Hall–Kier alpha value is -1.25. The van der Waals surface area contributed by atoms with Gasteiger partial charge in [-0.15, -0.1) is 0 Å². The summed E-state index contributed by atoms with van der Waals surface area (Å²) >= 11 is 15.4. The van der Waals surface area contributed by atoms with Crippen LogP contribution in [-0.2, 0) is 6.54 Å². The van der Waals surface area contributed by atoms with Gasteiger partial charge in [-0.2, -0.15) is 5.26 Å². The zero-order valence-electron chi connectivity index (χ0n) is 11.1. The summed E-state index contributed by atoms with van der Waals surface area (Å²) in [5.41, 5.74) is 1.44. The summed E-state index contributed by atoms with van der Waals surface area (Å²) in [4.78, 5) is 0. The fraction of sp³-hybridized carbons (Fsp3) is 0.133. The van der Waals surface area contributed by atoms with Crippen LogP contribution in [0.2, 0.25) is 10.0 Å². The molecule has 0 bridgehead atoms. The minimum absolute atomic E-state index is 0.405. The molecule has 2 aromatic rings. The minimum atomic E-state index is 0.405. The van der Waals surface area contributed by atoms with Crippen molar-refractivity contribution in [1.82, 2.24) is 5.32 Å². The van der Waals surface area contributed by atoms with E-state index < -0.39 is 0 Å². The Kier molecular flexibility index (Phi) is 5.49. The summed E-state index contributed by atoms with van der Waals surface area (Å²) < 4.78 is 6.41. The van der Waals surface area contributed by atoms with Crippen molar-refractivity contribution in [1.29, 1.82) is 5.26 Å². The zero-order chi connectivity index (χ0) is 15.4. The highest BCUT2D eigenvalue weighted by Crippen LogP contribution is 2.37. The summed E-state index contributed by atoms with van der Waals surface area (Å²) in [6, 6.07) is 10.8. The standard InChI is InChI=1S/C15H11BrCl2N2O/c1-20-8-9-2-3-14(10(4-9)7-19)21-15-6-12(17)11(16)5-13(15)18/h2-6,20H,8H2,1H3. The lowest BCUT2D eigenvalue weighted by Gasteiger charge is -2.11. The lowest BCUT2D eigenvalue weighted by molar-refractivity contribution is 0.481. The maximum atomic E-state index is 9.24. The molecule has 0 unspecified atom stereocenters. The Morgan fingerprint density at radius 3 is 2.62 bits per heavy atom. The van der Waals surface area contributed by atoms with E-state index in [1.807, 2.05) is 13.1 Å². The van der Waals surface area contributed by atoms with Gasteiger partial charge < -0.3 is 10.1 Å². The Labute approximate surface area is 141 Å². The molecule has 0 saturated carbocycles. The van der Waals surface area contributed by atoms with Crippen molar-refractivity contribution in [3.63, 3.8) is 0 Å². The number of halogens is 3. The Morgan fingerprint density at radius 2 is 1.95 bits per heavy atom. The molecule has 0 saturated heterocycles. The van der Waals surface area contributed by atoms with Gasteiger partial charge in [0.15, 0.2) is 0 Å². The molecule has 2 rings (SSSR count). The van der Waals surface area contributed by atoms with E-state index in [0.29, 0.717) is 38.1 Å². The lowest BCUT2D eigenvalue weighted by atomic mass is 10.1. The van der Waals surface area contributed by atoms with Gasteiger partial charge in [-0.25, -0.2) is 0 Å². The molecule has 0 aliphatic rings. The molecule has 6 heteroatoms. The van der Waals surface area contributed by atoms with Crippen LogP contribution in [0.25, 0.3) is 0 Å². The molecule has 0 aliphatic heterocycles. The van der Waals surface area contributed by atoms with Gasteiger partial charge in [-0.05, 0) is 46.7 Å². The number of nitriles is 1. The van der Waals surface area contributed by atoms with Gasteiger partial charge in [0.1, 0.15) is 17.6 Å². The van der Waals surface area contributed by atoms with Crippen molar-refractivity contribution < 1.29 is 4.74 Å². The molecule has 108 valence electrons. The molecule has 0 radical (unpaired) electrons. The molecule has 0 atom stereocenters. The van der Waals surface area contributed by atoms with Crippen molar-refractivity contribution in [3.8, 4) is 17.6 Å². The van der Waals surface area contributed by atoms with Gasteiger partial charge in [0.25, 0.3) is 0 Å². The first-order chi connectivity index (χ1) is 10.0. The summed E-state index contributed by atoms with van der Waals surface area (Å²) in [6.45, 7) is 0.680. The van der Waals surface area contributed by atoms with Gasteiger partial charge >= 0.3 is 0 Å². The van der Waals surface area contributed by atoms with Gasteiger partial charge in [0, 0.05) is 17.1 Å². The third-order valence-corrected chi connectivity index (χ3v) is 4.23. The van der Waals surface area contributed by atoms with E-state index in [2.05, 4.69) is 27.3 Å². The molecule has 0 fully saturated rings. The largest absolute Gasteiger partial charge is 0.454 e. The first-order valence-electron chi connectivity index (χ1n) is 6.05. The predicted molar refractivity (Wildman–Crippen MR) is 88.2 cm³/mol. The number of rotatable bonds is 4. The van der Waals surface area contributed by atoms with E-state index in [9.17, 15) is 5.26 Å². The first-order valence-corrected chi connectivity index (χ1v) is 7.60. The molecule has 0 heterocycles. The molecule has 1 N–H and O–H groups in total. The van der Waals surface area contributed by atoms with E-state index in [0.717, 1.165) is 5.56 Å². The lowest BCUT2D eigenvalue weighted by Crippen LogP contribution is -2.05. The maximum absolute atomic E-state index is 9.24. The Balaban J connectivity index is 2.36. The summed E-state index contributed by atoms with van der Waals surface area (Å²) in [6.07, 6.45) is 0. The van der Waals surface area contributed by atoms with Crippen LogP contribution >= 0.6 is 39.1 Å². The topological polar surface area (TPSA) is 45.0 Å². The van der Waals surface area contributed by atoms with Crippen LogP contribution in [0.4, 0.5) is 0 Å². The fourth-order valence-corrected chi connectivity index (χ4v) is 2.60. The van der Waals surface area contributed by atoms with Crippen LogP contribution in [0.15, 0.2) is 34.8 Å². The van der Waals surface area contributed by atoms with E-state index >= 15 is 0 Å². The molecular weight excluding hydrogens is 375 g/mol. The highest BCUT2D eigenvalue weighted by Gasteiger charge is 2.11. The molecular formula is C15H11BrCl2N2O. The van der Waals surface area contributed by atoms with Crippen molar-refractivity contribution in [3.05, 3.63) is 56.0 Å². The van der Waals surface area contributed by atoms with Crippen molar-refractivity contribution in [2.45, 2.75) is 6.54 Å². The van der Waals surface area contributed by atoms with Crippen molar-refractivity contribution in [2.24, 2.45) is 0 Å². The smallest absolute Gasteiger partial charge is 0.147 e. The van der Waals surface area contributed by atoms with Crippen LogP contribution in [0.1, 0.15) is 11.1 Å². The van der Waals surface area contributed by atoms with Crippen molar-refractivity contribution in [2.75, 3.05) is 7.05 Å². The third-order valence-electron chi connectivity index (χ3n) is 2.74. The molecule has 21 heavy (non-hydrogen) atoms. The highest BCUT2D eigenvalue weighted by atomic mass is 79.9. The number of nitrogens with one attached hydrogen (secondary N) is 1. The average molecular weight is 386 g/mol. The van der Waals surface area contributed by atoms with E-state index in [1.54, 1.807) is 24.3 Å². The van der Waals surface area contributed by atoms with Crippen LogP contribution in [0.3, 0.4) is 0 Å². The SMILES string of the molecule is CNCc1ccc(Oc2cc(Cl)c(Br)cc2Cl)c(C#N)c1. The van der Waals surface area contributed by atoms with Crippen LogP contribution in [0.5, 0.6) is 11.5 Å². The van der Waals surface area contributed by atoms with Crippen LogP contribution in [0, 0.1) is 11.3 Å². The molecule has 2 aromatic carbocycles. The van der Waals surface area contributed by atoms with Crippen LogP contribution < -0.4 is 10.1 Å². The third kappa shape index (κ3) is 3.90. The monoisotopic (exact) mass is 384 g/mol. The molecule has 3 nitrogen and oxygen atoms in total. The van der Waals surface area contributed by atoms with E-state index in [1.165, 1.54) is 0 Å². The summed E-state index contributed by atoms with van der Waals surface area (Å²) in [7, 11) is 1.85. The Morgan fingerprint density at radius 1 is 1.19 bits per heavy atom. The van der Waals surface area contributed by atoms with Gasteiger partial charge in [0.05, 0.1) is 15.6 Å². The quantitative estimate of drug-likeness (QED) is 0.741. The fourth-order valence-electron chi connectivity index (χ4n) is 1.77. The minimum Gasteiger partial charge on any atom is -0.454 e. The first kappa shape index (κ1) is 16.1. The van der Waals surface area contributed by atoms with Gasteiger partial charge in [-0.1, -0.05) is 29.3 Å². The van der Waals surface area contributed by atoms with Gasteiger partial charge in [0.2, 0.25) is 0 Å². The molecule has 0 amide bonds. The predicted octanol–water partition coefficient (Wildman–Crippen LogP) is 5.14. The summed E-state index contributed by atoms with van der Waals surface area (Å²) in [5.74, 6) is 0.848. The number of hydrogen-bond acceptors (Lipinski definition) is 3. The van der Waals surface area contributed by atoms with Crippen LogP contribution in [-0.4, -0.2) is 7.05 Å². The molecule has 0 spiro atoms. The second-order valence-electron chi connectivity index (χ2n) is 4.27. The number of ether oxygens (including phenoxy) is 1. The number of hydrogen-bond donors (Lipinski definition) is 1. The zero-order valence-corrected chi connectivity index (χ0v) is 14.2. The van der Waals surface area contributed by atoms with Gasteiger partial charge in [-0.3, -0.25) is 0 Å². The Bertz CT molecular complexity index is 714. The average Bonchev–Trinajstić information content (AvgIpc) is 2.46. The number of benzene rings is 2. The van der Waals surface area contributed by atoms with Crippen molar-refractivity contribution >= 4 is 39.1 Å². The second-order valence-corrected chi connectivity index (χ2v) is 5.94. The second kappa shape index (κ2) is 7.15. The highest BCUT2D eigenvalue weighted by molar-refractivity contribution is 9.10. The van der Waals surface area contributed by atoms with E-state index in [-0.39, 0.29) is 0 Å². The normalized spacial score (nSPS) is 10.2. The number of nitrogens with zero attached hydrogens (tertiary/aromatic N) is 1. The van der Waals surface area contributed by atoms with E-state index in [4.69, 9.17) is 27.9 Å². The summed E-state index contributed by atoms with van der Waals surface area (Å²) in [5, 5.41) is 13.2. The maximum Gasteiger partial charge on any atom is 0.147 e. The molecule has 0 aliphatic carbocycles. The molecule has 0 aromatic heterocycles.